The molecule has 0 aliphatic carbocycles. The van der Waals surface area contributed by atoms with Gasteiger partial charge in [-0.05, 0) is 12.1 Å². The number of hydrogen-bond donors (Lipinski definition) is 2. The predicted molar refractivity (Wildman–Crippen MR) is 48.1 cm³/mol. The average molecular weight is 195 g/mol. The number of carbonyl (C=O) groups is 1. The Morgan fingerprint density at radius 3 is 2.79 bits per heavy atom. The number of amidine groups is 1. The van der Waals surface area contributed by atoms with Crippen LogP contribution in [0.25, 0.3) is 0 Å². The van der Waals surface area contributed by atoms with Crippen molar-refractivity contribution in [3.8, 4) is 0 Å². The summed E-state index contributed by atoms with van der Waals surface area (Å²) in [4.78, 5) is 14.8. The molecule has 0 aliphatic rings. The highest BCUT2D eigenvalue weighted by atomic mass is 16.5. The van der Waals surface area contributed by atoms with E-state index < -0.39 is 5.97 Å². The Kier molecular flexibility index (Phi) is 3.01. The highest BCUT2D eigenvalue weighted by Gasteiger charge is 2.06. The second-order valence-electron chi connectivity index (χ2n) is 2.41. The van der Waals surface area contributed by atoms with E-state index in [9.17, 15) is 4.79 Å². The van der Waals surface area contributed by atoms with Gasteiger partial charge < -0.3 is 15.7 Å². The zero-order chi connectivity index (χ0) is 10.6. The topological polar surface area (TPSA) is 97.8 Å². The molecule has 1 rings (SSSR count). The number of methoxy groups -OCH3 is 1. The second-order valence-corrected chi connectivity index (χ2v) is 2.41. The summed E-state index contributed by atoms with van der Waals surface area (Å²) in [6, 6.07) is 2.94. The summed E-state index contributed by atoms with van der Waals surface area (Å²) in [7, 11) is 1.28. The molecule has 1 aromatic rings. The molecule has 0 radical (unpaired) electrons. The van der Waals surface area contributed by atoms with Gasteiger partial charge in [-0.2, -0.15) is 0 Å². The first-order chi connectivity index (χ1) is 6.69. The molecular formula is C8H9N3O3. The molecule has 1 heterocycles. The lowest BCUT2D eigenvalue weighted by molar-refractivity contribution is 0.0600. The molecule has 0 atom stereocenters. The number of rotatable bonds is 2. The third-order valence-electron chi connectivity index (χ3n) is 1.55. The van der Waals surface area contributed by atoms with Crippen molar-refractivity contribution in [2.45, 2.75) is 0 Å². The van der Waals surface area contributed by atoms with Crippen LogP contribution in [-0.2, 0) is 4.74 Å². The third-order valence-corrected chi connectivity index (χ3v) is 1.55. The van der Waals surface area contributed by atoms with Crippen molar-refractivity contribution in [1.82, 2.24) is 4.98 Å². The largest absolute Gasteiger partial charge is 0.465 e. The van der Waals surface area contributed by atoms with E-state index in [-0.39, 0.29) is 5.84 Å². The monoisotopic (exact) mass is 195 g/mol. The molecule has 0 aliphatic heterocycles. The normalized spacial score (nSPS) is 11.1. The van der Waals surface area contributed by atoms with E-state index >= 15 is 0 Å². The molecule has 0 amide bonds. The van der Waals surface area contributed by atoms with Gasteiger partial charge in [-0.25, -0.2) is 4.79 Å². The number of hydrogen-bond acceptors (Lipinski definition) is 5. The Bertz CT molecular complexity index is 359. The molecule has 0 fully saturated rings. The van der Waals surface area contributed by atoms with Gasteiger partial charge >= 0.3 is 5.97 Å². The number of nitrogens with two attached hydrogens (primary N) is 1. The molecular weight excluding hydrogens is 186 g/mol. The van der Waals surface area contributed by atoms with Gasteiger partial charge in [0.25, 0.3) is 0 Å². The summed E-state index contributed by atoms with van der Waals surface area (Å²) in [6.45, 7) is 0. The van der Waals surface area contributed by atoms with Crippen LogP contribution in [-0.4, -0.2) is 29.1 Å². The first kappa shape index (κ1) is 9.97. The van der Waals surface area contributed by atoms with Crippen molar-refractivity contribution < 1.29 is 14.7 Å². The molecule has 14 heavy (non-hydrogen) atoms. The van der Waals surface area contributed by atoms with Gasteiger partial charge in [0, 0.05) is 6.20 Å². The average Bonchev–Trinajstić information content (AvgIpc) is 2.27. The van der Waals surface area contributed by atoms with Gasteiger partial charge in [0.2, 0.25) is 0 Å². The van der Waals surface area contributed by atoms with Gasteiger partial charge in [0.1, 0.15) is 5.69 Å². The summed E-state index contributed by atoms with van der Waals surface area (Å²) in [5, 5.41) is 11.1. The number of aromatic nitrogens is 1. The maximum absolute atomic E-state index is 11.0. The van der Waals surface area contributed by atoms with Crippen LogP contribution in [0, 0.1) is 0 Å². The smallest absolute Gasteiger partial charge is 0.339 e. The molecule has 6 heteroatoms. The molecule has 3 N–H and O–H groups in total. The first-order valence-corrected chi connectivity index (χ1v) is 3.71. The van der Waals surface area contributed by atoms with Crippen molar-refractivity contribution in [2.75, 3.05) is 7.11 Å². The molecule has 0 aromatic carbocycles. The summed E-state index contributed by atoms with van der Waals surface area (Å²) in [6.07, 6.45) is 1.29. The quantitative estimate of drug-likeness (QED) is 0.227. The molecule has 0 saturated heterocycles. The van der Waals surface area contributed by atoms with Crippen molar-refractivity contribution in [1.29, 1.82) is 0 Å². The summed E-state index contributed by atoms with van der Waals surface area (Å²) >= 11 is 0. The standard InChI is InChI=1S/C8H9N3O3/c1-14-8(12)5-2-3-6(10-4-5)7(9)11-13/h2-4,13H,1H3,(H2,9,11). The zero-order valence-corrected chi connectivity index (χ0v) is 7.47. The fourth-order valence-corrected chi connectivity index (χ4v) is 0.835. The molecule has 0 unspecified atom stereocenters. The van der Waals surface area contributed by atoms with E-state index in [1.165, 1.54) is 25.4 Å². The first-order valence-electron chi connectivity index (χ1n) is 3.71. The Morgan fingerprint density at radius 2 is 2.36 bits per heavy atom. The lowest BCUT2D eigenvalue weighted by atomic mass is 10.2. The van der Waals surface area contributed by atoms with Crippen LogP contribution in [0.2, 0.25) is 0 Å². The van der Waals surface area contributed by atoms with E-state index in [1.54, 1.807) is 0 Å². The molecule has 0 bridgehead atoms. The van der Waals surface area contributed by atoms with E-state index in [0.29, 0.717) is 11.3 Å². The molecule has 0 spiro atoms. The minimum atomic E-state index is -0.483. The molecule has 74 valence electrons. The number of nitrogens with zero attached hydrogens (tertiary/aromatic N) is 2. The van der Waals surface area contributed by atoms with E-state index in [1.807, 2.05) is 0 Å². The van der Waals surface area contributed by atoms with Crippen LogP contribution in [0.1, 0.15) is 16.1 Å². The third kappa shape index (κ3) is 1.98. The Morgan fingerprint density at radius 1 is 1.64 bits per heavy atom. The minimum absolute atomic E-state index is 0.110. The van der Waals surface area contributed by atoms with Crippen LogP contribution in [0.3, 0.4) is 0 Å². The van der Waals surface area contributed by atoms with Crippen LogP contribution >= 0.6 is 0 Å². The minimum Gasteiger partial charge on any atom is -0.465 e. The highest BCUT2D eigenvalue weighted by Crippen LogP contribution is 2.01. The van der Waals surface area contributed by atoms with Crippen LogP contribution in [0.15, 0.2) is 23.5 Å². The van der Waals surface area contributed by atoms with Gasteiger partial charge in [0.05, 0.1) is 12.7 Å². The lowest BCUT2D eigenvalue weighted by Crippen LogP contribution is -2.15. The Hall–Kier alpha value is -2.11. The number of ether oxygens (including phenoxy) is 1. The molecule has 1 aromatic heterocycles. The lowest BCUT2D eigenvalue weighted by Gasteiger charge is -1.99. The zero-order valence-electron chi connectivity index (χ0n) is 7.47. The predicted octanol–water partition coefficient (Wildman–Crippen LogP) is -0.0373. The van der Waals surface area contributed by atoms with Crippen LogP contribution in [0.5, 0.6) is 0 Å². The number of carbonyl (C=O) groups excluding carboxylic acids is 1. The van der Waals surface area contributed by atoms with E-state index in [2.05, 4.69) is 14.9 Å². The fraction of sp³-hybridized carbons (Fsp3) is 0.125. The maximum atomic E-state index is 11.0. The summed E-state index contributed by atoms with van der Waals surface area (Å²) < 4.78 is 4.47. The van der Waals surface area contributed by atoms with Crippen LogP contribution in [0.4, 0.5) is 0 Å². The van der Waals surface area contributed by atoms with E-state index in [0.717, 1.165) is 0 Å². The van der Waals surface area contributed by atoms with Crippen molar-refractivity contribution in [2.24, 2.45) is 10.9 Å². The second kappa shape index (κ2) is 4.22. The van der Waals surface area contributed by atoms with Gasteiger partial charge in [-0.3, -0.25) is 4.98 Å². The SMILES string of the molecule is COC(=O)c1ccc(C(N)=NO)nc1. The van der Waals surface area contributed by atoms with Crippen molar-refractivity contribution >= 4 is 11.8 Å². The van der Waals surface area contributed by atoms with Gasteiger partial charge in [0.15, 0.2) is 5.84 Å². The molecule has 6 nitrogen and oxygen atoms in total. The van der Waals surface area contributed by atoms with E-state index in [4.69, 9.17) is 10.9 Å². The molecule has 0 saturated carbocycles. The Balaban J connectivity index is 2.95. The Labute approximate surface area is 80.0 Å². The number of pyridine rings is 1. The highest BCUT2D eigenvalue weighted by molar-refractivity contribution is 5.96. The van der Waals surface area contributed by atoms with Gasteiger partial charge in [-0.1, -0.05) is 5.16 Å². The maximum Gasteiger partial charge on any atom is 0.339 e. The van der Waals surface area contributed by atoms with Crippen molar-refractivity contribution in [3.63, 3.8) is 0 Å². The number of oxime groups is 1. The summed E-state index contributed by atoms with van der Waals surface area (Å²) in [5.41, 5.74) is 5.87. The summed E-state index contributed by atoms with van der Waals surface area (Å²) in [5.74, 6) is -0.593. The van der Waals surface area contributed by atoms with Gasteiger partial charge in [-0.15, -0.1) is 0 Å². The fourth-order valence-electron chi connectivity index (χ4n) is 0.835. The number of esters is 1. The van der Waals surface area contributed by atoms with Crippen LogP contribution < -0.4 is 5.73 Å². The van der Waals surface area contributed by atoms with Crippen molar-refractivity contribution in [3.05, 3.63) is 29.6 Å².